The Morgan fingerprint density at radius 1 is 1.08 bits per heavy atom. The highest BCUT2D eigenvalue weighted by Crippen LogP contribution is 2.27. The lowest BCUT2D eigenvalue weighted by molar-refractivity contribution is -0.901. The monoisotopic (exact) mass is 342 g/mol. The molecule has 0 radical (unpaired) electrons. The molecule has 2 atom stereocenters. The molecule has 3 amide bonds. The van der Waals surface area contributed by atoms with Gasteiger partial charge in [0.05, 0.1) is 7.05 Å². The second-order valence-electron chi connectivity index (χ2n) is 6.57. The maximum absolute atomic E-state index is 13.0. The number of urea groups is 1. The van der Waals surface area contributed by atoms with Crippen LogP contribution < -0.4 is 10.2 Å². The van der Waals surface area contributed by atoms with Crippen molar-refractivity contribution in [3.63, 3.8) is 0 Å². The van der Waals surface area contributed by atoms with E-state index >= 15 is 0 Å². The number of quaternary nitrogens is 1. The third-order valence-corrected chi connectivity index (χ3v) is 4.47. The van der Waals surface area contributed by atoms with Crippen LogP contribution in [0.1, 0.15) is 18.1 Å². The zero-order chi connectivity index (χ0) is 18.0. The minimum Gasteiger partial charge on any atom is -0.319 e. The predicted octanol–water partition coefficient (Wildman–Crippen LogP) is 1.27. The van der Waals surface area contributed by atoms with Crippen LogP contribution in [0.2, 0.25) is 0 Å². The maximum atomic E-state index is 13.0. The number of carbonyl (C=O) groups excluding carboxylic acids is 2. The molecule has 2 aromatic carbocycles. The highest BCUT2D eigenvalue weighted by molar-refractivity contribution is 6.07. The molecule has 1 saturated heterocycles. The SMILES string of the molecule is C[NH+](Cc1ccc(F)cc1)CN1C(=O)N[C@](C)(c2ccccc2)C1=O. The third-order valence-electron chi connectivity index (χ3n) is 4.47. The summed E-state index contributed by atoms with van der Waals surface area (Å²) in [6.07, 6.45) is 0. The predicted molar refractivity (Wildman–Crippen MR) is 91.0 cm³/mol. The third kappa shape index (κ3) is 3.39. The Bertz CT molecular complexity index is 779. The van der Waals surface area contributed by atoms with Gasteiger partial charge in [-0.15, -0.1) is 0 Å². The van der Waals surface area contributed by atoms with Gasteiger partial charge >= 0.3 is 6.03 Å². The molecule has 0 spiro atoms. The number of carbonyl (C=O) groups is 2. The lowest BCUT2D eigenvalue weighted by Gasteiger charge is -2.23. The molecule has 3 rings (SSSR count). The molecular weight excluding hydrogens is 321 g/mol. The van der Waals surface area contributed by atoms with E-state index in [2.05, 4.69) is 5.32 Å². The minimum absolute atomic E-state index is 0.241. The van der Waals surface area contributed by atoms with Gasteiger partial charge in [0.1, 0.15) is 17.9 Å². The van der Waals surface area contributed by atoms with Crippen LogP contribution in [0.4, 0.5) is 9.18 Å². The van der Waals surface area contributed by atoms with Crippen molar-refractivity contribution in [1.82, 2.24) is 10.2 Å². The largest absolute Gasteiger partial charge is 0.329 e. The zero-order valence-electron chi connectivity index (χ0n) is 14.3. The summed E-state index contributed by atoms with van der Waals surface area (Å²) in [6.45, 7) is 2.54. The van der Waals surface area contributed by atoms with Gasteiger partial charge in [-0.1, -0.05) is 42.5 Å². The highest BCUT2D eigenvalue weighted by atomic mass is 19.1. The van der Waals surface area contributed by atoms with Gasteiger partial charge in [0, 0.05) is 5.56 Å². The van der Waals surface area contributed by atoms with Crippen molar-refractivity contribution in [2.45, 2.75) is 19.0 Å². The van der Waals surface area contributed by atoms with Crippen LogP contribution in [-0.2, 0) is 16.9 Å². The van der Waals surface area contributed by atoms with Gasteiger partial charge in [0.25, 0.3) is 5.91 Å². The Hall–Kier alpha value is -2.73. The lowest BCUT2D eigenvalue weighted by Crippen LogP contribution is -3.09. The second-order valence-corrected chi connectivity index (χ2v) is 6.57. The summed E-state index contributed by atoms with van der Waals surface area (Å²) in [5.41, 5.74) is 0.651. The number of hydrogen-bond donors (Lipinski definition) is 2. The smallest absolute Gasteiger partial charge is 0.319 e. The maximum Gasteiger partial charge on any atom is 0.329 e. The number of imide groups is 1. The molecule has 1 heterocycles. The molecule has 1 aliphatic rings. The van der Waals surface area contributed by atoms with E-state index < -0.39 is 11.6 Å². The van der Waals surface area contributed by atoms with E-state index in [0.717, 1.165) is 16.0 Å². The molecule has 0 aliphatic carbocycles. The van der Waals surface area contributed by atoms with Crippen LogP contribution in [0.3, 0.4) is 0 Å². The zero-order valence-corrected chi connectivity index (χ0v) is 14.3. The number of hydrogen-bond acceptors (Lipinski definition) is 2. The summed E-state index contributed by atoms with van der Waals surface area (Å²) >= 11 is 0. The van der Waals surface area contributed by atoms with Gasteiger partial charge in [0.2, 0.25) is 0 Å². The van der Waals surface area contributed by atoms with Crippen LogP contribution in [-0.4, -0.2) is 30.6 Å². The van der Waals surface area contributed by atoms with Crippen LogP contribution in [0, 0.1) is 5.82 Å². The fourth-order valence-corrected chi connectivity index (χ4v) is 3.08. The van der Waals surface area contributed by atoms with Crippen molar-refractivity contribution in [1.29, 1.82) is 0 Å². The molecule has 0 aromatic heterocycles. The number of rotatable bonds is 5. The molecule has 0 bridgehead atoms. The van der Waals surface area contributed by atoms with E-state index in [-0.39, 0.29) is 18.4 Å². The average molecular weight is 342 g/mol. The number of nitrogens with zero attached hydrogens (tertiary/aromatic N) is 1. The fourth-order valence-electron chi connectivity index (χ4n) is 3.08. The molecule has 130 valence electrons. The van der Waals surface area contributed by atoms with Crippen LogP contribution >= 0.6 is 0 Å². The minimum atomic E-state index is -1.05. The summed E-state index contributed by atoms with van der Waals surface area (Å²) < 4.78 is 13.0. The first-order valence-corrected chi connectivity index (χ1v) is 8.15. The van der Waals surface area contributed by atoms with E-state index in [1.165, 1.54) is 17.0 Å². The average Bonchev–Trinajstić information content (AvgIpc) is 2.82. The quantitative estimate of drug-likeness (QED) is 0.804. The molecule has 25 heavy (non-hydrogen) atoms. The topological polar surface area (TPSA) is 53.9 Å². The standard InChI is InChI=1S/C19H20FN3O2/c1-19(15-6-4-3-5-7-15)17(24)23(18(25)21-19)13-22(2)12-14-8-10-16(20)11-9-14/h3-11H,12-13H2,1-2H3,(H,21,25)/p+1/t19-/m1/s1. The van der Waals surface area contributed by atoms with Crippen molar-refractivity contribution >= 4 is 11.9 Å². The van der Waals surface area contributed by atoms with Crippen molar-refractivity contribution in [3.8, 4) is 0 Å². The first-order chi connectivity index (χ1) is 11.9. The van der Waals surface area contributed by atoms with Crippen LogP contribution in [0.5, 0.6) is 0 Å². The normalized spacial score (nSPS) is 21.3. The van der Waals surface area contributed by atoms with Gasteiger partial charge in [-0.2, -0.15) is 0 Å². The number of nitrogens with one attached hydrogen (secondary N) is 2. The number of amides is 3. The van der Waals surface area contributed by atoms with Gasteiger partial charge < -0.3 is 10.2 Å². The Morgan fingerprint density at radius 3 is 2.36 bits per heavy atom. The Morgan fingerprint density at radius 2 is 1.72 bits per heavy atom. The molecule has 5 nitrogen and oxygen atoms in total. The Balaban J connectivity index is 1.71. The Kier molecular flexibility index (Phi) is 4.55. The number of halogens is 1. The molecular formula is C19H21FN3O2+. The summed E-state index contributed by atoms with van der Waals surface area (Å²) in [5.74, 6) is -0.545. The number of benzene rings is 2. The first kappa shape index (κ1) is 17.1. The Labute approximate surface area is 146 Å². The van der Waals surface area contributed by atoms with Crippen LogP contribution in [0.15, 0.2) is 54.6 Å². The van der Waals surface area contributed by atoms with E-state index in [1.807, 2.05) is 37.4 Å². The second kappa shape index (κ2) is 6.64. The molecule has 0 saturated carbocycles. The molecule has 2 aromatic rings. The van der Waals surface area contributed by atoms with E-state index in [9.17, 15) is 14.0 Å². The van der Waals surface area contributed by atoms with Gasteiger partial charge in [-0.3, -0.25) is 4.79 Å². The van der Waals surface area contributed by atoms with Crippen LogP contribution in [0.25, 0.3) is 0 Å². The lowest BCUT2D eigenvalue weighted by atomic mass is 9.92. The molecule has 1 unspecified atom stereocenters. The van der Waals surface area contributed by atoms with Gasteiger partial charge in [-0.25, -0.2) is 14.1 Å². The molecule has 1 fully saturated rings. The van der Waals surface area contributed by atoms with Crippen molar-refractivity contribution in [3.05, 3.63) is 71.5 Å². The van der Waals surface area contributed by atoms with Crippen molar-refractivity contribution in [2.75, 3.05) is 13.7 Å². The summed E-state index contributed by atoms with van der Waals surface area (Å²) in [7, 11) is 1.89. The van der Waals surface area contributed by atoms with E-state index in [1.54, 1.807) is 19.1 Å². The summed E-state index contributed by atoms with van der Waals surface area (Å²) in [5, 5.41) is 2.80. The van der Waals surface area contributed by atoms with E-state index in [0.29, 0.717) is 6.54 Å². The highest BCUT2D eigenvalue weighted by Gasteiger charge is 2.49. The van der Waals surface area contributed by atoms with Gasteiger partial charge in [0.15, 0.2) is 6.67 Å². The summed E-state index contributed by atoms with van der Waals surface area (Å²) in [6, 6.07) is 15.0. The van der Waals surface area contributed by atoms with E-state index in [4.69, 9.17) is 0 Å². The molecule has 6 heteroatoms. The fraction of sp³-hybridized carbons (Fsp3) is 0.263. The van der Waals surface area contributed by atoms with Gasteiger partial charge in [-0.05, 0) is 24.6 Å². The van der Waals surface area contributed by atoms with Crippen molar-refractivity contribution in [2.24, 2.45) is 0 Å². The van der Waals surface area contributed by atoms with Crippen molar-refractivity contribution < 1.29 is 18.9 Å². The molecule has 2 N–H and O–H groups in total. The molecule has 1 aliphatic heterocycles. The first-order valence-electron chi connectivity index (χ1n) is 8.15. The summed E-state index contributed by atoms with van der Waals surface area (Å²) in [4.78, 5) is 27.4.